The zero-order valence-corrected chi connectivity index (χ0v) is 30.2. The summed E-state index contributed by atoms with van der Waals surface area (Å²) in [5, 5.41) is 0. The van der Waals surface area contributed by atoms with Crippen LogP contribution in [0.2, 0.25) is 0 Å². The van der Waals surface area contributed by atoms with E-state index in [4.69, 9.17) is 4.98 Å². The lowest BCUT2D eigenvalue weighted by molar-refractivity contribution is 1.32. The fourth-order valence-corrected chi connectivity index (χ4v) is 7.02. The minimum absolute atomic E-state index is 0.956. The molecule has 0 amide bonds. The van der Waals surface area contributed by atoms with Crippen LogP contribution in [0.3, 0.4) is 0 Å². The molecule has 1 heterocycles. The van der Waals surface area contributed by atoms with E-state index in [1.807, 2.05) is 0 Å². The van der Waals surface area contributed by atoms with Crippen molar-refractivity contribution in [1.29, 1.82) is 0 Å². The summed E-state index contributed by atoms with van der Waals surface area (Å²) in [6.07, 6.45) is 0. The summed E-state index contributed by atoms with van der Waals surface area (Å²) in [4.78, 5) is 5.25. The molecular weight excluding hydrogens is 627 g/mol. The Kier molecular flexibility index (Phi) is 8.93. The highest BCUT2D eigenvalue weighted by atomic mass is 14.7. The number of aryl methyl sites for hydroxylation is 4. The van der Waals surface area contributed by atoms with Gasteiger partial charge in [-0.15, -0.1) is 0 Å². The number of rotatable bonds is 7. The minimum Gasteiger partial charge on any atom is -0.248 e. The van der Waals surface area contributed by atoms with Gasteiger partial charge in [0.25, 0.3) is 0 Å². The predicted molar refractivity (Wildman–Crippen MR) is 221 cm³/mol. The molecule has 8 rings (SSSR count). The lowest BCUT2D eigenvalue weighted by Crippen LogP contribution is -1.92. The first-order chi connectivity index (χ1) is 25.3. The van der Waals surface area contributed by atoms with Crippen molar-refractivity contribution in [2.75, 3.05) is 0 Å². The van der Waals surface area contributed by atoms with Crippen molar-refractivity contribution in [1.82, 2.24) is 4.98 Å². The third-order valence-corrected chi connectivity index (χ3v) is 9.88. The largest absolute Gasteiger partial charge is 0.248 e. The van der Waals surface area contributed by atoms with Gasteiger partial charge in [0.15, 0.2) is 0 Å². The van der Waals surface area contributed by atoms with E-state index in [-0.39, 0.29) is 0 Å². The molecule has 0 aliphatic rings. The summed E-state index contributed by atoms with van der Waals surface area (Å²) in [5.74, 6) is 0. The van der Waals surface area contributed by atoms with Gasteiger partial charge in [-0.25, -0.2) is 4.98 Å². The molecule has 0 N–H and O–H groups in total. The molecule has 1 nitrogen and oxygen atoms in total. The van der Waals surface area contributed by atoms with E-state index in [0.717, 1.165) is 28.1 Å². The Hall–Kier alpha value is -6.31. The summed E-state index contributed by atoms with van der Waals surface area (Å²) in [5.41, 5.74) is 21.2. The molecule has 0 bridgehead atoms. The molecule has 0 radical (unpaired) electrons. The zero-order valence-electron chi connectivity index (χ0n) is 30.2. The molecule has 0 aliphatic carbocycles. The van der Waals surface area contributed by atoms with E-state index >= 15 is 0 Å². The third kappa shape index (κ3) is 7.13. The topological polar surface area (TPSA) is 12.9 Å². The van der Waals surface area contributed by atoms with Crippen molar-refractivity contribution in [3.63, 3.8) is 0 Å². The SMILES string of the molecule is Cc1ccc(-c2cc(C)cc(-c3ccc(-c4cc(-c5ccccc5)cc(-c5ccc(-c6cc(C)cc(-c7ccc(C)cc7)c6)cc5)n4)cc3)c2)cc1. The smallest absolute Gasteiger partial charge is 0.0715 e. The second kappa shape index (κ2) is 14.1. The van der Waals surface area contributed by atoms with Gasteiger partial charge in [-0.3, -0.25) is 0 Å². The van der Waals surface area contributed by atoms with Gasteiger partial charge in [-0.1, -0.05) is 163 Å². The normalized spacial score (nSPS) is 11.1. The summed E-state index contributed by atoms with van der Waals surface area (Å²) >= 11 is 0. The highest BCUT2D eigenvalue weighted by Crippen LogP contribution is 2.35. The van der Waals surface area contributed by atoms with Gasteiger partial charge in [-0.2, -0.15) is 0 Å². The van der Waals surface area contributed by atoms with Crippen LogP contribution in [0.5, 0.6) is 0 Å². The van der Waals surface area contributed by atoms with Gasteiger partial charge in [0.1, 0.15) is 0 Å². The second-order valence-corrected chi connectivity index (χ2v) is 14.1. The number of hydrogen-bond acceptors (Lipinski definition) is 1. The lowest BCUT2D eigenvalue weighted by atomic mass is 9.94. The first kappa shape index (κ1) is 32.9. The summed E-state index contributed by atoms with van der Waals surface area (Å²) in [6.45, 7) is 8.60. The highest BCUT2D eigenvalue weighted by molar-refractivity contribution is 5.81. The number of aromatic nitrogens is 1. The van der Waals surface area contributed by atoms with Crippen LogP contribution in [-0.2, 0) is 0 Å². The first-order valence-corrected chi connectivity index (χ1v) is 18.0. The average molecular weight is 668 g/mol. The lowest BCUT2D eigenvalue weighted by Gasteiger charge is -2.13. The van der Waals surface area contributed by atoms with Crippen molar-refractivity contribution in [3.8, 4) is 78.1 Å². The molecule has 8 aromatic rings. The maximum absolute atomic E-state index is 5.25. The van der Waals surface area contributed by atoms with Crippen molar-refractivity contribution in [3.05, 3.63) is 198 Å². The van der Waals surface area contributed by atoms with Crippen LogP contribution in [0.25, 0.3) is 78.1 Å². The molecule has 1 heteroatoms. The molecule has 0 fully saturated rings. The number of pyridine rings is 1. The van der Waals surface area contributed by atoms with Crippen molar-refractivity contribution in [2.24, 2.45) is 0 Å². The molecule has 0 unspecified atom stereocenters. The van der Waals surface area contributed by atoms with E-state index in [2.05, 4.69) is 204 Å². The maximum atomic E-state index is 5.25. The molecule has 52 heavy (non-hydrogen) atoms. The van der Waals surface area contributed by atoms with E-state index in [9.17, 15) is 0 Å². The Labute approximate surface area is 308 Å². The monoisotopic (exact) mass is 667 g/mol. The van der Waals surface area contributed by atoms with Crippen LogP contribution in [0.4, 0.5) is 0 Å². The van der Waals surface area contributed by atoms with Crippen LogP contribution in [0, 0.1) is 27.7 Å². The van der Waals surface area contributed by atoms with E-state index in [1.54, 1.807) is 0 Å². The Morgan fingerprint density at radius 3 is 0.885 bits per heavy atom. The summed E-state index contributed by atoms with van der Waals surface area (Å²) in [6, 6.07) is 63.9. The van der Waals surface area contributed by atoms with Gasteiger partial charge < -0.3 is 0 Å². The fraction of sp³-hybridized carbons (Fsp3) is 0.0784. The van der Waals surface area contributed by atoms with Crippen LogP contribution < -0.4 is 0 Å². The Bertz CT molecular complexity index is 2330. The molecule has 0 saturated carbocycles. The Balaban J connectivity index is 1.13. The quantitative estimate of drug-likeness (QED) is 0.165. The molecule has 0 atom stereocenters. The van der Waals surface area contributed by atoms with Gasteiger partial charge >= 0.3 is 0 Å². The van der Waals surface area contributed by atoms with Gasteiger partial charge in [-0.05, 0) is 119 Å². The number of hydrogen-bond donors (Lipinski definition) is 0. The number of nitrogens with zero attached hydrogens (tertiary/aromatic N) is 1. The Morgan fingerprint density at radius 1 is 0.231 bits per heavy atom. The van der Waals surface area contributed by atoms with Gasteiger partial charge in [0.2, 0.25) is 0 Å². The van der Waals surface area contributed by atoms with Gasteiger partial charge in [0, 0.05) is 11.1 Å². The minimum atomic E-state index is 0.956. The number of benzene rings is 7. The van der Waals surface area contributed by atoms with E-state index in [1.165, 1.54) is 72.3 Å². The van der Waals surface area contributed by atoms with E-state index in [0.29, 0.717) is 0 Å². The Morgan fingerprint density at radius 2 is 0.519 bits per heavy atom. The predicted octanol–water partition coefficient (Wildman–Crippen LogP) is 14.0. The summed E-state index contributed by atoms with van der Waals surface area (Å²) < 4.78 is 0. The molecule has 0 aliphatic heterocycles. The average Bonchev–Trinajstić information content (AvgIpc) is 3.18. The van der Waals surface area contributed by atoms with Crippen molar-refractivity contribution in [2.45, 2.75) is 27.7 Å². The first-order valence-electron chi connectivity index (χ1n) is 18.0. The zero-order chi connectivity index (χ0) is 35.6. The van der Waals surface area contributed by atoms with Crippen molar-refractivity contribution < 1.29 is 0 Å². The van der Waals surface area contributed by atoms with Crippen LogP contribution >= 0.6 is 0 Å². The highest BCUT2D eigenvalue weighted by Gasteiger charge is 2.12. The molecule has 0 saturated heterocycles. The molecule has 0 spiro atoms. The second-order valence-electron chi connectivity index (χ2n) is 14.1. The van der Waals surface area contributed by atoms with Crippen molar-refractivity contribution >= 4 is 0 Å². The molecule has 1 aromatic heterocycles. The third-order valence-electron chi connectivity index (χ3n) is 9.88. The molecular formula is C51H41N. The van der Waals surface area contributed by atoms with Crippen LogP contribution in [0.1, 0.15) is 22.3 Å². The fourth-order valence-electron chi connectivity index (χ4n) is 7.02. The maximum Gasteiger partial charge on any atom is 0.0715 e. The van der Waals surface area contributed by atoms with Crippen LogP contribution in [0.15, 0.2) is 176 Å². The van der Waals surface area contributed by atoms with Crippen LogP contribution in [-0.4, -0.2) is 4.98 Å². The van der Waals surface area contributed by atoms with Gasteiger partial charge in [0.05, 0.1) is 11.4 Å². The standard InChI is InChI=1S/C51H41N/c1-34-10-14-39(15-11-34)45-26-36(3)28-47(30-45)41-18-22-43(23-19-41)50-32-49(38-8-6-5-7-9-38)33-51(52-50)44-24-20-42(21-25-44)48-29-37(4)27-46(31-48)40-16-12-35(2)13-17-40/h5-33H,1-4H3. The summed E-state index contributed by atoms with van der Waals surface area (Å²) in [7, 11) is 0. The van der Waals surface area contributed by atoms with E-state index < -0.39 is 0 Å². The molecule has 7 aromatic carbocycles. The molecule has 250 valence electrons.